The maximum atomic E-state index is 12.4. The number of nitrogens with two attached hydrogens (primary N) is 1. The molecule has 3 nitrogen and oxygen atoms in total. The zero-order valence-electron chi connectivity index (χ0n) is 12.8. The second kappa shape index (κ2) is 6.76. The van der Waals surface area contributed by atoms with Crippen molar-refractivity contribution >= 4 is 28.6 Å². The first kappa shape index (κ1) is 15.6. The molecular formula is C17H22N2OS. The van der Waals surface area contributed by atoms with E-state index in [-0.39, 0.29) is 5.91 Å². The van der Waals surface area contributed by atoms with Gasteiger partial charge in [0.15, 0.2) is 0 Å². The summed E-state index contributed by atoms with van der Waals surface area (Å²) in [7, 11) is 0. The molecule has 0 saturated heterocycles. The summed E-state index contributed by atoms with van der Waals surface area (Å²) in [6, 6.07) is 7.57. The predicted molar refractivity (Wildman–Crippen MR) is 91.2 cm³/mol. The van der Waals surface area contributed by atoms with Gasteiger partial charge < -0.3 is 11.1 Å². The molecule has 1 amide bonds. The molecule has 0 unspecified atom stereocenters. The standard InChI is InChI=1S/C17H22N2OS/c1-4-6-15-12(5-2)9-16(21-15)17(20)19-14-10-13(18)8-7-11(14)3/h7-10H,4-6,18H2,1-3H3,(H,19,20). The van der Waals surface area contributed by atoms with Crippen LogP contribution in [0.4, 0.5) is 11.4 Å². The Labute approximate surface area is 130 Å². The zero-order chi connectivity index (χ0) is 15.4. The Bertz CT molecular complexity index is 646. The van der Waals surface area contributed by atoms with E-state index >= 15 is 0 Å². The normalized spacial score (nSPS) is 10.6. The highest BCUT2D eigenvalue weighted by molar-refractivity contribution is 7.14. The Kier molecular flexibility index (Phi) is 5.02. The highest BCUT2D eigenvalue weighted by atomic mass is 32.1. The van der Waals surface area contributed by atoms with Crippen molar-refractivity contribution in [1.29, 1.82) is 0 Å². The van der Waals surface area contributed by atoms with Crippen LogP contribution in [0.3, 0.4) is 0 Å². The SMILES string of the molecule is CCCc1sc(C(=O)Nc2cc(N)ccc2C)cc1CC. The first-order chi connectivity index (χ1) is 10.0. The number of nitrogens with one attached hydrogen (secondary N) is 1. The first-order valence-corrected chi connectivity index (χ1v) is 8.15. The van der Waals surface area contributed by atoms with Crippen LogP contribution < -0.4 is 11.1 Å². The maximum absolute atomic E-state index is 12.4. The van der Waals surface area contributed by atoms with E-state index in [9.17, 15) is 4.79 Å². The molecule has 21 heavy (non-hydrogen) atoms. The second-order valence-electron chi connectivity index (χ2n) is 5.19. The number of aryl methyl sites for hydroxylation is 3. The smallest absolute Gasteiger partial charge is 0.265 e. The predicted octanol–water partition coefficient (Wildman–Crippen LogP) is 4.41. The number of hydrogen-bond donors (Lipinski definition) is 2. The average Bonchev–Trinajstić information content (AvgIpc) is 2.86. The second-order valence-corrected chi connectivity index (χ2v) is 6.33. The van der Waals surface area contributed by atoms with Crippen molar-refractivity contribution in [3.05, 3.63) is 45.1 Å². The van der Waals surface area contributed by atoms with Crippen LogP contribution in [0.1, 0.15) is 45.9 Å². The Morgan fingerprint density at radius 2 is 2.05 bits per heavy atom. The van der Waals surface area contributed by atoms with E-state index < -0.39 is 0 Å². The Morgan fingerprint density at radius 3 is 2.71 bits per heavy atom. The summed E-state index contributed by atoms with van der Waals surface area (Å²) in [4.78, 5) is 14.5. The third-order valence-electron chi connectivity index (χ3n) is 3.49. The Hall–Kier alpha value is -1.81. The third kappa shape index (κ3) is 3.64. The van der Waals surface area contributed by atoms with Gasteiger partial charge in [0.25, 0.3) is 5.91 Å². The van der Waals surface area contributed by atoms with Crippen LogP contribution in [0.2, 0.25) is 0 Å². The number of amides is 1. The van der Waals surface area contributed by atoms with Gasteiger partial charge in [-0.25, -0.2) is 0 Å². The lowest BCUT2D eigenvalue weighted by atomic mass is 10.1. The van der Waals surface area contributed by atoms with E-state index in [0.717, 1.165) is 35.4 Å². The fourth-order valence-electron chi connectivity index (χ4n) is 2.27. The molecule has 1 aromatic heterocycles. The quantitative estimate of drug-likeness (QED) is 0.804. The van der Waals surface area contributed by atoms with Crippen molar-refractivity contribution in [2.45, 2.75) is 40.0 Å². The lowest BCUT2D eigenvalue weighted by Gasteiger charge is -2.08. The molecule has 0 radical (unpaired) electrons. The molecule has 1 aromatic carbocycles. The molecule has 0 atom stereocenters. The molecule has 0 bridgehead atoms. The summed E-state index contributed by atoms with van der Waals surface area (Å²) in [5, 5.41) is 2.97. The van der Waals surface area contributed by atoms with Crippen LogP contribution >= 0.6 is 11.3 Å². The van der Waals surface area contributed by atoms with Crippen LogP contribution in [0, 0.1) is 6.92 Å². The molecule has 0 fully saturated rings. The molecule has 0 spiro atoms. The van der Waals surface area contributed by atoms with Gasteiger partial charge in [0, 0.05) is 16.3 Å². The number of anilines is 2. The van der Waals surface area contributed by atoms with Crippen molar-refractivity contribution in [3.8, 4) is 0 Å². The van der Waals surface area contributed by atoms with Crippen LogP contribution in [0.15, 0.2) is 24.3 Å². The van der Waals surface area contributed by atoms with E-state index in [4.69, 9.17) is 5.73 Å². The zero-order valence-corrected chi connectivity index (χ0v) is 13.6. The van der Waals surface area contributed by atoms with Gasteiger partial charge in [-0.05, 0) is 49.1 Å². The van der Waals surface area contributed by atoms with Gasteiger partial charge in [0.1, 0.15) is 0 Å². The van der Waals surface area contributed by atoms with Crippen LogP contribution in [-0.2, 0) is 12.8 Å². The maximum Gasteiger partial charge on any atom is 0.265 e. The summed E-state index contributed by atoms with van der Waals surface area (Å²) in [6.45, 7) is 6.25. The number of carbonyl (C=O) groups is 1. The molecule has 0 aliphatic rings. The van der Waals surface area contributed by atoms with Crippen molar-refractivity contribution in [2.24, 2.45) is 0 Å². The largest absolute Gasteiger partial charge is 0.399 e. The molecule has 2 rings (SSSR count). The summed E-state index contributed by atoms with van der Waals surface area (Å²) >= 11 is 1.60. The summed E-state index contributed by atoms with van der Waals surface area (Å²) in [5.74, 6) is -0.0502. The van der Waals surface area contributed by atoms with Crippen LogP contribution in [0.25, 0.3) is 0 Å². The van der Waals surface area contributed by atoms with Gasteiger partial charge in [-0.3, -0.25) is 4.79 Å². The van der Waals surface area contributed by atoms with Gasteiger partial charge >= 0.3 is 0 Å². The Balaban J connectivity index is 2.22. The minimum Gasteiger partial charge on any atom is -0.399 e. The number of benzene rings is 1. The molecule has 2 aromatic rings. The monoisotopic (exact) mass is 302 g/mol. The van der Waals surface area contributed by atoms with Crippen molar-refractivity contribution < 1.29 is 4.79 Å². The number of hydrogen-bond acceptors (Lipinski definition) is 3. The Morgan fingerprint density at radius 1 is 1.29 bits per heavy atom. The number of carbonyl (C=O) groups excluding carboxylic acids is 1. The number of rotatable bonds is 5. The lowest BCUT2D eigenvalue weighted by Crippen LogP contribution is -2.11. The van der Waals surface area contributed by atoms with Gasteiger partial charge in [-0.15, -0.1) is 11.3 Å². The minimum absolute atomic E-state index is 0.0502. The van der Waals surface area contributed by atoms with Crippen molar-refractivity contribution in [3.63, 3.8) is 0 Å². The van der Waals surface area contributed by atoms with Crippen molar-refractivity contribution in [2.75, 3.05) is 11.1 Å². The van der Waals surface area contributed by atoms with E-state index in [0.29, 0.717) is 5.69 Å². The fourth-order valence-corrected chi connectivity index (χ4v) is 3.53. The number of thiophene rings is 1. The lowest BCUT2D eigenvalue weighted by molar-refractivity contribution is 0.103. The van der Waals surface area contributed by atoms with Gasteiger partial charge in [-0.1, -0.05) is 26.3 Å². The van der Waals surface area contributed by atoms with Gasteiger partial charge in [0.05, 0.1) is 4.88 Å². The summed E-state index contributed by atoms with van der Waals surface area (Å²) < 4.78 is 0. The molecule has 0 aliphatic carbocycles. The highest BCUT2D eigenvalue weighted by Gasteiger charge is 2.14. The highest BCUT2D eigenvalue weighted by Crippen LogP contribution is 2.26. The first-order valence-electron chi connectivity index (χ1n) is 7.34. The van der Waals surface area contributed by atoms with E-state index in [1.54, 1.807) is 17.4 Å². The fraction of sp³-hybridized carbons (Fsp3) is 0.353. The van der Waals surface area contributed by atoms with Crippen LogP contribution in [-0.4, -0.2) is 5.91 Å². The molecule has 4 heteroatoms. The molecule has 0 saturated carbocycles. The van der Waals surface area contributed by atoms with E-state index in [1.165, 1.54) is 10.4 Å². The van der Waals surface area contributed by atoms with Gasteiger partial charge in [0.2, 0.25) is 0 Å². The van der Waals surface area contributed by atoms with Crippen LogP contribution in [0.5, 0.6) is 0 Å². The molecule has 112 valence electrons. The van der Waals surface area contributed by atoms with E-state index in [2.05, 4.69) is 19.2 Å². The summed E-state index contributed by atoms with van der Waals surface area (Å²) in [6.07, 6.45) is 3.11. The van der Waals surface area contributed by atoms with Crippen molar-refractivity contribution in [1.82, 2.24) is 0 Å². The molecule has 0 aliphatic heterocycles. The summed E-state index contributed by atoms with van der Waals surface area (Å²) in [5.41, 5.74) is 9.52. The minimum atomic E-state index is -0.0502. The topological polar surface area (TPSA) is 55.1 Å². The molecule has 3 N–H and O–H groups in total. The average molecular weight is 302 g/mol. The number of nitrogen functional groups attached to an aromatic ring is 1. The molecular weight excluding hydrogens is 280 g/mol. The third-order valence-corrected chi connectivity index (χ3v) is 4.72. The van der Waals surface area contributed by atoms with Gasteiger partial charge in [-0.2, -0.15) is 0 Å². The molecule has 1 heterocycles. The van der Waals surface area contributed by atoms with E-state index in [1.807, 2.05) is 25.1 Å².